The molecule has 0 saturated heterocycles. The first-order valence-electron chi connectivity index (χ1n) is 16.5. The second kappa shape index (κ2) is 26.0. The molecule has 0 spiro atoms. The van der Waals surface area contributed by atoms with Crippen LogP contribution in [0.4, 0.5) is 0 Å². The summed E-state index contributed by atoms with van der Waals surface area (Å²) in [6, 6.07) is 29.5. The van der Waals surface area contributed by atoms with Crippen LogP contribution in [0.25, 0.3) is 11.3 Å². The second-order valence-electron chi connectivity index (χ2n) is 10.7. The summed E-state index contributed by atoms with van der Waals surface area (Å²) in [5, 5.41) is 20.1. The highest BCUT2D eigenvalue weighted by molar-refractivity contribution is 6.13. The number of aryl methyl sites for hydroxylation is 1. The Morgan fingerprint density at radius 3 is 1.69 bits per heavy atom. The standard InChI is InChI=1S/2C14H17NO.C13H15NO.CH4/c1-3-4-10-13-11(2)14(15-16-13)12-8-6-5-7-9-12;1-3-4-5-9-12-14(15-16-2)13-10-7-6-8-11-13;1-2-3-4-8-11-13(14-15)12-9-6-5-7-10-12;/h5-9H,3-4,10H2,1-2H3;6-8,10-11H,3-5H2,1-2H3;5-7,9-10,15H,2-4H2,1H3;1H4/b;15-14+;14-13+;. The maximum Gasteiger partial charge on any atom is 0.159 e. The number of rotatable bonds is 11. The summed E-state index contributed by atoms with van der Waals surface area (Å²) in [6.45, 7) is 8.55. The third kappa shape index (κ3) is 15.5. The predicted octanol–water partition coefficient (Wildman–Crippen LogP) is 10.9. The molecule has 0 atom stereocenters. The van der Waals surface area contributed by atoms with Gasteiger partial charge in [-0.15, -0.1) is 0 Å². The smallest absolute Gasteiger partial charge is 0.159 e. The number of nitrogens with zero attached hydrogens (tertiary/aromatic N) is 3. The predicted molar refractivity (Wildman–Crippen MR) is 201 cm³/mol. The molecule has 48 heavy (non-hydrogen) atoms. The van der Waals surface area contributed by atoms with E-state index < -0.39 is 0 Å². The van der Waals surface area contributed by atoms with E-state index in [0.29, 0.717) is 11.4 Å². The van der Waals surface area contributed by atoms with Crippen molar-refractivity contribution in [2.24, 2.45) is 10.3 Å². The summed E-state index contributed by atoms with van der Waals surface area (Å²) in [4.78, 5) is 4.80. The van der Waals surface area contributed by atoms with Gasteiger partial charge in [-0.1, -0.05) is 166 Å². The maximum absolute atomic E-state index is 8.82. The molecule has 6 heteroatoms. The molecule has 6 nitrogen and oxygen atoms in total. The molecule has 254 valence electrons. The van der Waals surface area contributed by atoms with Gasteiger partial charge in [0.05, 0.1) is 0 Å². The van der Waals surface area contributed by atoms with Crippen LogP contribution < -0.4 is 0 Å². The normalized spacial score (nSPS) is 10.4. The first-order valence-corrected chi connectivity index (χ1v) is 16.5. The topological polar surface area (TPSA) is 80.2 Å². The van der Waals surface area contributed by atoms with Crippen LogP contribution in [0.5, 0.6) is 0 Å². The summed E-state index contributed by atoms with van der Waals surface area (Å²) in [5.74, 6) is 13.0. The fraction of sp³-hybridized carbons (Fsp3) is 0.357. The molecule has 3 aromatic carbocycles. The highest BCUT2D eigenvalue weighted by Gasteiger charge is 2.12. The molecular weight excluding hydrogens is 594 g/mol. The van der Waals surface area contributed by atoms with Crippen molar-refractivity contribution in [2.45, 2.75) is 92.9 Å². The van der Waals surface area contributed by atoms with Crippen molar-refractivity contribution in [3.8, 4) is 34.9 Å². The molecular formula is C42H53N3O3. The minimum atomic E-state index is 0. The van der Waals surface area contributed by atoms with Crippen LogP contribution in [-0.4, -0.2) is 28.9 Å². The fourth-order valence-electron chi connectivity index (χ4n) is 4.21. The molecule has 0 amide bonds. The first kappa shape index (κ1) is 41.0. The zero-order chi connectivity index (χ0) is 34.0. The van der Waals surface area contributed by atoms with Crippen molar-refractivity contribution in [3.63, 3.8) is 0 Å². The van der Waals surface area contributed by atoms with E-state index in [0.717, 1.165) is 79.5 Å². The van der Waals surface area contributed by atoms with Crippen LogP contribution in [0, 0.1) is 30.6 Å². The molecule has 1 heterocycles. The minimum absolute atomic E-state index is 0. The van der Waals surface area contributed by atoms with Gasteiger partial charge in [0.1, 0.15) is 18.6 Å². The van der Waals surface area contributed by atoms with Gasteiger partial charge >= 0.3 is 0 Å². The average Bonchev–Trinajstić information content (AvgIpc) is 3.50. The molecule has 4 aromatic rings. The lowest BCUT2D eigenvalue weighted by Gasteiger charge is -1.97. The Morgan fingerprint density at radius 2 is 1.21 bits per heavy atom. The number of hydrogen-bond acceptors (Lipinski definition) is 6. The van der Waals surface area contributed by atoms with Crippen LogP contribution in [-0.2, 0) is 11.3 Å². The Balaban J connectivity index is 0.000000357. The monoisotopic (exact) mass is 647 g/mol. The third-order valence-corrected chi connectivity index (χ3v) is 6.93. The zero-order valence-corrected chi connectivity index (χ0v) is 28.6. The fourth-order valence-corrected chi connectivity index (χ4v) is 4.21. The molecule has 0 fully saturated rings. The quantitative estimate of drug-likeness (QED) is 0.0577. The molecule has 0 aliphatic carbocycles. The first-order chi connectivity index (χ1) is 23.1. The van der Waals surface area contributed by atoms with Crippen molar-refractivity contribution < 1.29 is 14.6 Å². The van der Waals surface area contributed by atoms with Gasteiger partial charge in [0.25, 0.3) is 0 Å². The van der Waals surface area contributed by atoms with Gasteiger partial charge in [0.15, 0.2) is 11.4 Å². The van der Waals surface area contributed by atoms with Gasteiger partial charge in [-0.3, -0.25) is 0 Å². The summed E-state index contributed by atoms with van der Waals surface area (Å²) >= 11 is 0. The van der Waals surface area contributed by atoms with E-state index in [9.17, 15) is 0 Å². The van der Waals surface area contributed by atoms with Crippen molar-refractivity contribution in [1.82, 2.24) is 5.16 Å². The van der Waals surface area contributed by atoms with E-state index in [1.807, 2.05) is 78.9 Å². The summed E-state index contributed by atoms with van der Waals surface area (Å²) in [7, 11) is 1.54. The number of benzene rings is 3. The maximum atomic E-state index is 8.82. The highest BCUT2D eigenvalue weighted by Crippen LogP contribution is 2.25. The van der Waals surface area contributed by atoms with Crippen LogP contribution >= 0.6 is 0 Å². The number of oxime groups is 2. The van der Waals surface area contributed by atoms with E-state index in [1.54, 1.807) is 0 Å². The Morgan fingerprint density at radius 1 is 0.729 bits per heavy atom. The molecule has 0 saturated carbocycles. The van der Waals surface area contributed by atoms with Crippen molar-refractivity contribution in [2.75, 3.05) is 7.11 Å². The molecule has 1 N–H and O–H groups in total. The van der Waals surface area contributed by atoms with Gasteiger partial charge in [-0.05, 0) is 38.0 Å². The largest absolute Gasteiger partial charge is 0.410 e. The van der Waals surface area contributed by atoms with Crippen LogP contribution in [0.2, 0.25) is 0 Å². The van der Waals surface area contributed by atoms with Crippen molar-refractivity contribution in [3.05, 3.63) is 113 Å². The van der Waals surface area contributed by atoms with E-state index in [1.165, 1.54) is 19.1 Å². The molecule has 0 aliphatic rings. The van der Waals surface area contributed by atoms with Crippen LogP contribution in [0.1, 0.15) is 102 Å². The lowest BCUT2D eigenvalue weighted by molar-refractivity contribution is 0.214. The Bertz CT molecular complexity index is 1590. The van der Waals surface area contributed by atoms with E-state index in [2.05, 4.69) is 79.0 Å². The minimum Gasteiger partial charge on any atom is -0.410 e. The SMILES string of the molecule is C.CCCCC#C/C(=N\O)c1ccccc1.CCCCC#C/C(=N\OC)c1ccccc1.CCCCc1onc(-c2ccccc2)c1C. The Kier molecular flexibility index (Phi) is 22.2. The van der Waals surface area contributed by atoms with Crippen LogP contribution in [0.15, 0.2) is 106 Å². The lowest BCUT2D eigenvalue weighted by atomic mass is 10.1. The second-order valence-corrected chi connectivity index (χ2v) is 10.7. The number of unbranched alkanes of at least 4 members (excludes halogenated alkanes) is 5. The van der Waals surface area contributed by atoms with E-state index in [4.69, 9.17) is 14.6 Å². The van der Waals surface area contributed by atoms with Gasteiger partial charge in [0, 0.05) is 41.5 Å². The Labute approximate surface area is 289 Å². The molecule has 0 bridgehead atoms. The molecule has 0 aliphatic heterocycles. The molecule has 1 aromatic heterocycles. The van der Waals surface area contributed by atoms with E-state index in [-0.39, 0.29) is 7.43 Å². The summed E-state index contributed by atoms with van der Waals surface area (Å²) < 4.78 is 5.40. The Hall–Kier alpha value is -5.07. The summed E-state index contributed by atoms with van der Waals surface area (Å²) in [6.07, 6.45) is 9.59. The van der Waals surface area contributed by atoms with Gasteiger partial charge in [-0.2, -0.15) is 0 Å². The van der Waals surface area contributed by atoms with Crippen molar-refractivity contribution in [1.29, 1.82) is 0 Å². The number of aromatic nitrogens is 1. The lowest BCUT2D eigenvalue weighted by Crippen LogP contribution is -1.97. The van der Waals surface area contributed by atoms with Crippen LogP contribution in [0.3, 0.4) is 0 Å². The molecule has 0 radical (unpaired) electrons. The van der Waals surface area contributed by atoms with Gasteiger partial charge in [-0.25, -0.2) is 0 Å². The highest BCUT2D eigenvalue weighted by atomic mass is 16.6. The molecule has 4 rings (SSSR count). The number of hydrogen-bond donors (Lipinski definition) is 1. The van der Waals surface area contributed by atoms with Gasteiger partial charge < -0.3 is 14.6 Å². The van der Waals surface area contributed by atoms with Crippen molar-refractivity contribution >= 4 is 11.4 Å². The average molecular weight is 648 g/mol. The van der Waals surface area contributed by atoms with Gasteiger partial charge in [0.2, 0.25) is 0 Å². The van der Waals surface area contributed by atoms with E-state index >= 15 is 0 Å². The third-order valence-electron chi connectivity index (χ3n) is 6.93. The molecule has 0 unspecified atom stereocenters. The zero-order valence-electron chi connectivity index (χ0n) is 28.6. The summed E-state index contributed by atoms with van der Waals surface area (Å²) in [5.41, 5.74) is 6.26.